The standard InChI is InChI=1S/C19H17N3O6/c1-27-13-10-6-9-12(14(13)28-2)15(23)22-19(11-7-4-3-5-8-11)16(24)20-18(26)21-17(19)25/h3-10H,1-2H3,(H,22,23)(H2,20,21,24,25,26). The lowest BCUT2D eigenvalue weighted by atomic mass is 9.86. The van der Waals surface area contributed by atoms with Crippen molar-refractivity contribution in [1.29, 1.82) is 0 Å². The Morgan fingerprint density at radius 2 is 1.54 bits per heavy atom. The molecule has 0 aliphatic carbocycles. The van der Waals surface area contributed by atoms with Crippen molar-refractivity contribution < 1.29 is 28.7 Å². The van der Waals surface area contributed by atoms with E-state index in [-0.39, 0.29) is 16.9 Å². The molecule has 1 fully saturated rings. The Hall–Kier alpha value is -3.88. The minimum atomic E-state index is -2.14. The summed E-state index contributed by atoms with van der Waals surface area (Å²) >= 11 is 0. The van der Waals surface area contributed by atoms with E-state index in [4.69, 9.17) is 9.47 Å². The van der Waals surface area contributed by atoms with Crippen molar-refractivity contribution in [3.05, 3.63) is 59.7 Å². The predicted molar refractivity (Wildman–Crippen MR) is 96.8 cm³/mol. The van der Waals surface area contributed by atoms with Gasteiger partial charge in [0.25, 0.3) is 17.7 Å². The van der Waals surface area contributed by atoms with Gasteiger partial charge < -0.3 is 14.8 Å². The Bertz CT molecular complexity index is 937. The van der Waals surface area contributed by atoms with Gasteiger partial charge in [0, 0.05) is 0 Å². The third kappa shape index (κ3) is 3.02. The molecule has 0 saturated carbocycles. The molecule has 2 aromatic carbocycles. The quantitative estimate of drug-likeness (QED) is 0.653. The van der Waals surface area contributed by atoms with Crippen LogP contribution in [0.2, 0.25) is 0 Å². The van der Waals surface area contributed by atoms with Crippen molar-refractivity contribution in [3.63, 3.8) is 0 Å². The summed E-state index contributed by atoms with van der Waals surface area (Å²) in [7, 11) is 2.78. The maximum absolute atomic E-state index is 13.0. The van der Waals surface area contributed by atoms with Crippen LogP contribution in [0.15, 0.2) is 48.5 Å². The van der Waals surface area contributed by atoms with E-state index >= 15 is 0 Å². The van der Waals surface area contributed by atoms with Crippen molar-refractivity contribution in [2.24, 2.45) is 0 Å². The Morgan fingerprint density at radius 3 is 2.11 bits per heavy atom. The predicted octanol–water partition coefficient (Wildman–Crippen LogP) is 0.695. The number of imide groups is 2. The van der Waals surface area contributed by atoms with E-state index in [0.717, 1.165) is 0 Å². The lowest BCUT2D eigenvalue weighted by molar-refractivity contribution is -0.139. The van der Waals surface area contributed by atoms with Gasteiger partial charge in [0.1, 0.15) is 0 Å². The van der Waals surface area contributed by atoms with Crippen LogP contribution in [0.4, 0.5) is 4.79 Å². The van der Waals surface area contributed by atoms with Crippen LogP contribution in [0.25, 0.3) is 0 Å². The van der Waals surface area contributed by atoms with Crippen molar-refractivity contribution in [2.45, 2.75) is 5.54 Å². The molecule has 2 aromatic rings. The molecule has 0 atom stereocenters. The van der Waals surface area contributed by atoms with Gasteiger partial charge in [-0.2, -0.15) is 0 Å². The van der Waals surface area contributed by atoms with Crippen LogP contribution in [0.1, 0.15) is 15.9 Å². The minimum absolute atomic E-state index is 0.0506. The molecule has 1 aliphatic rings. The molecule has 5 amide bonds. The van der Waals surface area contributed by atoms with Gasteiger partial charge in [0.05, 0.1) is 19.8 Å². The van der Waals surface area contributed by atoms with Crippen LogP contribution in [-0.4, -0.2) is 38.0 Å². The second kappa shape index (κ2) is 7.39. The molecule has 0 radical (unpaired) electrons. The molecule has 0 aromatic heterocycles. The molecule has 144 valence electrons. The highest BCUT2D eigenvalue weighted by molar-refractivity contribution is 6.24. The zero-order chi connectivity index (χ0) is 20.3. The van der Waals surface area contributed by atoms with Gasteiger partial charge in [-0.05, 0) is 17.7 Å². The number of hydrogen-bond donors (Lipinski definition) is 3. The smallest absolute Gasteiger partial charge is 0.328 e. The maximum Gasteiger partial charge on any atom is 0.328 e. The topological polar surface area (TPSA) is 123 Å². The Balaban J connectivity index is 2.10. The number of para-hydroxylation sites is 1. The normalized spacial score (nSPS) is 15.3. The molecule has 3 rings (SSSR count). The number of ether oxygens (including phenoxy) is 2. The van der Waals surface area contributed by atoms with Crippen LogP contribution in [-0.2, 0) is 15.1 Å². The summed E-state index contributed by atoms with van der Waals surface area (Å²) in [5.74, 6) is -2.26. The van der Waals surface area contributed by atoms with Gasteiger partial charge in [-0.1, -0.05) is 36.4 Å². The van der Waals surface area contributed by atoms with Crippen molar-refractivity contribution in [3.8, 4) is 11.5 Å². The monoisotopic (exact) mass is 383 g/mol. The van der Waals surface area contributed by atoms with Crippen LogP contribution in [0, 0.1) is 0 Å². The molecule has 1 heterocycles. The molecule has 1 saturated heterocycles. The Labute approximate surface area is 160 Å². The van der Waals surface area contributed by atoms with Gasteiger partial charge >= 0.3 is 6.03 Å². The number of carbonyl (C=O) groups is 4. The Morgan fingerprint density at radius 1 is 0.893 bits per heavy atom. The number of nitrogens with one attached hydrogen (secondary N) is 3. The van der Waals surface area contributed by atoms with Gasteiger partial charge in [-0.15, -0.1) is 0 Å². The summed E-state index contributed by atoms with van der Waals surface area (Å²) in [6, 6.07) is 11.5. The van der Waals surface area contributed by atoms with E-state index in [1.807, 2.05) is 10.6 Å². The number of methoxy groups -OCH3 is 2. The van der Waals surface area contributed by atoms with Crippen LogP contribution >= 0.6 is 0 Å². The highest BCUT2D eigenvalue weighted by atomic mass is 16.5. The summed E-state index contributed by atoms with van der Waals surface area (Å²) in [6.07, 6.45) is 0. The summed E-state index contributed by atoms with van der Waals surface area (Å²) in [5, 5.41) is 6.51. The number of urea groups is 1. The Kier molecular flexibility index (Phi) is 4.99. The number of carbonyl (C=O) groups excluding carboxylic acids is 4. The molecule has 9 nitrogen and oxygen atoms in total. The zero-order valence-corrected chi connectivity index (χ0v) is 15.1. The van der Waals surface area contributed by atoms with Gasteiger partial charge in [-0.25, -0.2) is 4.79 Å². The number of rotatable bonds is 5. The average Bonchev–Trinajstić information content (AvgIpc) is 2.70. The number of hydrogen-bond acceptors (Lipinski definition) is 6. The van der Waals surface area contributed by atoms with Crippen molar-refractivity contribution >= 4 is 23.8 Å². The number of barbiturate groups is 1. The first-order valence-electron chi connectivity index (χ1n) is 8.20. The van der Waals surface area contributed by atoms with Gasteiger partial charge in [-0.3, -0.25) is 25.0 Å². The largest absolute Gasteiger partial charge is 0.493 e. The zero-order valence-electron chi connectivity index (χ0n) is 15.1. The fourth-order valence-electron chi connectivity index (χ4n) is 2.97. The van der Waals surface area contributed by atoms with E-state index in [1.54, 1.807) is 30.3 Å². The lowest BCUT2D eigenvalue weighted by Crippen LogP contribution is -2.71. The lowest BCUT2D eigenvalue weighted by Gasteiger charge is -2.35. The van der Waals surface area contributed by atoms with E-state index < -0.39 is 29.3 Å². The third-order valence-electron chi connectivity index (χ3n) is 4.29. The first-order chi connectivity index (χ1) is 13.4. The molecule has 3 N–H and O–H groups in total. The van der Waals surface area contributed by atoms with E-state index in [0.29, 0.717) is 5.75 Å². The second-order valence-corrected chi connectivity index (χ2v) is 5.85. The fraction of sp³-hybridized carbons (Fsp3) is 0.158. The molecule has 0 spiro atoms. The first kappa shape index (κ1) is 18.9. The number of amides is 5. The molecule has 1 aliphatic heterocycles. The van der Waals surface area contributed by atoms with Crippen LogP contribution < -0.4 is 25.4 Å². The van der Waals surface area contributed by atoms with Gasteiger partial charge in [0.2, 0.25) is 5.54 Å². The van der Waals surface area contributed by atoms with E-state index in [2.05, 4.69) is 5.32 Å². The second-order valence-electron chi connectivity index (χ2n) is 5.85. The molecular weight excluding hydrogens is 366 g/mol. The average molecular weight is 383 g/mol. The van der Waals surface area contributed by atoms with Crippen LogP contribution in [0.3, 0.4) is 0 Å². The molecule has 9 heteroatoms. The minimum Gasteiger partial charge on any atom is -0.493 e. The fourth-order valence-corrected chi connectivity index (χ4v) is 2.97. The highest BCUT2D eigenvalue weighted by Crippen LogP contribution is 2.32. The van der Waals surface area contributed by atoms with Crippen molar-refractivity contribution in [2.75, 3.05) is 14.2 Å². The molecular formula is C19H17N3O6. The SMILES string of the molecule is COc1cccc(C(=O)NC2(c3ccccc3)C(=O)NC(=O)NC2=O)c1OC. The third-order valence-corrected chi connectivity index (χ3v) is 4.29. The van der Waals surface area contributed by atoms with Crippen LogP contribution in [0.5, 0.6) is 11.5 Å². The molecule has 0 unspecified atom stereocenters. The highest BCUT2D eigenvalue weighted by Gasteiger charge is 2.53. The van der Waals surface area contributed by atoms with Crippen molar-refractivity contribution in [1.82, 2.24) is 16.0 Å². The first-order valence-corrected chi connectivity index (χ1v) is 8.20. The van der Waals surface area contributed by atoms with E-state index in [1.165, 1.54) is 32.4 Å². The number of benzene rings is 2. The summed E-state index contributed by atoms with van der Waals surface area (Å²) in [6.45, 7) is 0. The molecule has 28 heavy (non-hydrogen) atoms. The van der Waals surface area contributed by atoms with E-state index in [9.17, 15) is 19.2 Å². The summed E-state index contributed by atoms with van der Waals surface area (Å²) in [5.41, 5.74) is -1.90. The summed E-state index contributed by atoms with van der Waals surface area (Å²) in [4.78, 5) is 50.0. The maximum atomic E-state index is 13.0. The molecule has 0 bridgehead atoms. The summed E-state index contributed by atoms with van der Waals surface area (Å²) < 4.78 is 10.4. The van der Waals surface area contributed by atoms with Gasteiger partial charge in [0.15, 0.2) is 11.5 Å².